The number of rotatable bonds is 5. The van der Waals surface area contributed by atoms with Crippen LogP contribution in [0.4, 0.5) is 5.69 Å². The molecule has 0 aromatic heterocycles. The van der Waals surface area contributed by atoms with Crippen molar-refractivity contribution >= 4 is 11.6 Å². The zero-order chi connectivity index (χ0) is 15.2. The highest BCUT2D eigenvalue weighted by atomic mass is 16.5. The van der Waals surface area contributed by atoms with Gasteiger partial charge in [-0.25, -0.2) is 0 Å². The number of methoxy groups -OCH3 is 1. The van der Waals surface area contributed by atoms with Gasteiger partial charge in [-0.2, -0.15) is 0 Å². The number of carbonyl (C=O) groups excluding carboxylic acids is 1. The Hall–Kier alpha value is -2.29. The van der Waals surface area contributed by atoms with Crippen molar-refractivity contribution in [2.24, 2.45) is 5.92 Å². The summed E-state index contributed by atoms with van der Waals surface area (Å²) in [6, 6.07) is 17.5. The van der Waals surface area contributed by atoms with Gasteiger partial charge in [0.25, 0.3) is 0 Å². The minimum absolute atomic E-state index is 0.0246. The number of anilines is 1. The summed E-state index contributed by atoms with van der Waals surface area (Å²) in [7, 11) is 1.62. The molecule has 110 valence electrons. The fourth-order valence-electron chi connectivity index (χ4n) is 2.20. The zero-order valence-corrected chi connectivity index (χ0v) is 12.7. The first kappa shape index (κ1) is 15.1. The summed E-state index contributed by atoms with van der Waals surface area (Å²) in [4.78, 5) is 12.3. The summed E-state index contributed by atoms with van der Waals surface area (Å²) in [6.45, 7) is 4.03. The quantitative estimate of drug-likeness (QED) is 0.898. The van der Waals surface area contributed by atoms with Crippen molar-refractivity contribution in [2.75, 3.05) is 12.4 Å². The number of ether oxygens (including phenoxy) is 1. The highest BCUT2D eigenvalue weighted by molar-refractivity contribution is 5.92. The summed E-state index contributed by atoms with van der Waals surface area (Å²) in [6.07, 6.45) is 0. The predicted octanol–water partition coefficient (Wildman–Crippen LogP) is 4.07. The number of nitrogens with one attached hydrogen (secondary N) is 1. The molecule has 0 saturated carbocycles. The molecule has 0 heterocycles. The molecule has 0 fully saturated rings. The largest absolute Gasteiger partial charge is 0.497 e. The van der Waals surface area contributed by atoms with Crippen LogP contribution in [0.25, 0.3) is 0 Å². The first-order chi connectivity index (χ1) is 10.1. The molecule has 2 unspecified atom stereocenters. The summed E-state index contributed by atoms with van der Waals surface area (Å²) in [5.74, 6) is 0.870. The second-order valence-corrected chi connectivity index (χ2v) is 5.21. The highest BCUT2D eigenvalue weighted by Gasteiger charge is 2.21. The third kappa shape index (κ3) is 3.85. The van der Waals surface area contributed by atoms with Crippen LogP contribution in [0.5, 0.6) is 5.75 Å². The smallest absolute Gasteiger partial charge is 0.227 e. The molecule has 0 aliphatic carbocycles. The number of hydrogen-bond acceptors (Lipinski definition) is 2. The normalized spacial score (nSPS) is 13.3. The Morgan fingerprint density at radius 1 is 1.00 bits per heavy atom. The molecule has 0 aliphatic rings. The summed E-state index contributed by atoms with van der Waals surface area (Å²) >= 11 is 0. The Morgan fingerprint density at radius 2 is 1.62 bits per heavy atom. The van der Waals surface area contributed by atoms with Crippen molar-refractivity contribution in [3.8, 4) is 5.75 Å². The van der Waals surface area contributed by atoms with Crippen LogP contribution < -0.4 is 10.1 Å². The Bertz CT molecular complexity index is 578. The van der Waals surface area contributed by atoms with Gasteiger partial charge in [-0.05, 0) is 35.7 Å². The van der Waals surface area contributed by atoms with Crippen LogP contribution in [0.15, 0.2) is 54.6 Å². The third-order valence-electron chi connectivity index (χ3n) is 3.85. The van der Waals surface area contributed by atoms with Gasteiger partial charge in [0.1, 0.15) is 5.75 Å². The van der Waals surface area contributed by atoms with E-state index in [0.717, 1.165) is 11.4 Å². The van der Waals surface area contributed by atoms with Gasteiger partial charge >= 0.3 is 0 Å². The van der Waals surface area contributed by atoms with Crippen LogP contribution in [0.1, 0.15) is 25.3 Å². The van der Waals surface area contributed by atoms with Crippen LogP contribution in [-0.2, 0) is 4.79 Å². The van der Waals surface area contributed by atoms with E-state index in [2.05, 4.69) is 24.4 Å². The van der Waals surface area contributed by atoms with Gasteiger partial charge in [0.05, 0.1) is 7.11 Å². The molecule has 0 radical (unpaired) electrons. The van der Waals surface area contributed by atoms with E-state index in [0.29, 0.717) is 0 Å². The molecule has 3 nitrogen and oxygen atoms in total. The van der Waals surface area contributed by atoms with Gasteiger partial charge in [0, 0.05) is 11.6 Å². The van der Waals surface area contributed by atoms with E-state index >= 15 is 0 Å². The Balaban J connectivity index is 2.01. The van der Waals surface area contributed by atoms with Gasteiger partial charge in [0.15, 0.2) is 0 Å². The lowest BCUT2D eigenvalue weighted by atomic mass is 9.88. The lowest BCUT2D eigenvalue weighted by molar-refractivity contribution is -0.119. The first-order valence-electron chi connectivity index (χ1n) is 7.11. The summed E-state index contributed by atoms with van der Waals surface area (Å²) in [5, 5.41) is 2.95. The molecule has 3 heteroatoms. The van der Waals surface area contributed by atoms with Crippen LogP contribution in [-0.4, -0.2) is 13.0 Å². The van der Waals surface area contributed by atoms with Crippen molar-refractivity contribution in [3.63, 3.8) is 0 Å². The maximum Gasteiger partial charge on any atom is 0.227 e. The van der Waals surface area contributed by atoms with Crippen molar-refractivity contribution in [1.29, 1.82) is 0 Å². The molecule has 0 bridgehead atoms. The van der Waals surface area contributed by atoms with E-state index in [-0.39, 0.29) is 17.7 Å². The third-order valence-corrected chi connectivity index (χ3v) is 3.85. The first-order valence-corrected chi connectivity index (χ1v) is 7.11. The molecule has 1 N–H and O–H groups in total. The highest BCUT2D eigenvalue weighted by Crippen LogP contribution is 2.25. The molecule has 2 aromatic carbocycles. The maximum absolute atomic E-state index is 12.3. The zero-order valence-electron chi connectivity index (χ0n) is 12.7. The SMILES string of the molecule is COc1ccc(NC(=O)C(C)C(C)c2ccccc2)cc1. The standard InChI is InChI=1S/C18H21NO2/c1-13(15-7-5-4-6-8-15)14(2)18(20)19-16-9-11-17(21-3)12-10-16/h4-14H,1-3H3,(H,19,20). The molecule has 2 aromatic rings. The van der Waals surface area contributed by atoms with E-state index in [9.17, 15) is 4.79 Å². The minimum Gasteiger partial charge on any atom is -0.497 e. The van der Waals surface area contributed by atoms with E-state index < -0.39 is 0 Å². The average molecular weight is 283 g/mol. The summed E-state index contributed by atoms with van der Waals surface area (Å²) < 4.78 is 5.10. The Kier molecular flexibility index (Phi) is 4.99. The van der Waals surface area contributed by atoms with Gasteiger partial charge < -0.3 is 10.1 Å². The molecule has 2 rings (SSSR count). The molecule has 1 amide bonds. The molecular formula is C18H21NO2. The molecule has 0 aliphatic heterocycles. The lowest BCUT2D eigenvalue weighted by Crippen LogP contribution is -2.24. The summed E-state index contributed by atoms with van der Waals surface area (Å²) in [5.41, 5.74) is 1.96. The Morgan fingerprint density at radius 3 is 2.19 bits per heavy atom. The van der Waals surface area contributed by atoms with E-state index in [1.807, 2.05) is 49.4 Å². The van der Waals surface area contributed by atoms with Crippen LogP contribution >= 0.6 is 0 Å². The molecule has 0 spiro atoms. The average Bonchev–Trinajstić information content (AvgIpc) is 2.55. The van der Waals surface area contributed by atoms with Crippen molar-refractivity contribution < 1.29 is 9.53 Å². The van der Waals surface area contributed by atoms with Crippen molar-refractivity contribution in [3.05, 3.63) is 60.2 Å². The number of hydrogen-bond donors (Lipinski definition) is 1. The number of carbonyl (C=O) groups is 1. The Labute approximate surface area is 126 Å². The van der Waals surface area contributed by atoms with E-state index in [4.69, 9.17) is 4.74 Å². The number of benzene rings is 2. The van der Waals surface area contributed by atoms with Gasteiger partial charge in [-0.1, -0.05) is 44.2 Å². The second kappa shape index (κ2) is 6.93. The van der Waals surface area contributed by atoms with Gasteiger partial charge in [0.2, 0.25) is 5.91 Å². The fourth-order valence-corrected chi connectivity index (χ4v) is 2.20. The van der Waals surface area contributed by atoms with Crippen molar-refractivity contribution in [1.82, 2.24) is 0 Å². The van der Waals surface area contributed by atoms with Crippen LogP contribution in [0.2, 0.25) is 0 Å². The van der Waals surface area contributed by atoms with Crippen LogP contribution in [0, 0.1) is 5.92 Å². The predicted molar refractivity (Wildman–Crippen MR) is 85.6 cm³/mol. The minimum atomic E-state index is -0.102. The second-order valence-electron chi connectivity index (χ2n) is 5.21. The van der Waals surface area contributed by atoms with E-state index in [1.165, 1.54) is 5.56 Å². The lowest BCUT2D eigenvalue weighted by Gasteiger charge is -2.20. The number of amides is 1. The topological polar surface area (TPSA) is 38.3 Å². The van der Waals surface area contributed by atoms with E-state index in [1.54, 1.807) is 7.11 Å². The molecule has 21 heavy (non-hydrogen) atoms. The molecule has 2 atom stereocenters. The van der Waals surface area contributed by atoms with Gasteiger partial charge in [-0.3, -0.25) is 4.79 Å². The monoisotopic (exact) mass is 283 g/mol. The van der Waals surface area contributed by atoms with Gasteiger partial charge in [-0.15, -0.1) is 0 Å². The van der Waals surface area contributed by atoms with Crippen molar-refractivity contribution in [2.45, 2.75) is 19.8 Å². The fraction of sp³-hybridized carbons (Fsp3) is 0.278. The molecule has 0 saturated heterocycles. The maximum atomic E-state index is 12.3. The molecular weight excluding hydrogens is 262 g/mol. The van der Waals surface area contributed by atoms with Crippen LogP contribution in [0.3, 0.4) is 0 Å².